The molecule has 1 aromatic rings. The van der Waals surface area contributed by atoms with Crippen molar-refractivity contribution in [3.8, 4) is 0 Å². The Kier molecular flexibility index (Phi) is 4.84. The Morgan fingerprint density at radius 3 is 2.48 bits per heavy atom. The summed E-state index contributed by atoms with van der Waals surface area (Å²) in [4.78, 5) is 18.3. The summed E-state index contributed by atoms with van der Waals surface area (Å²) in [6.45, 7) is 1.39. The molecule has 0 atom stereocenters. The highest BCUT2D eigenvalue weighted by Gasteiger charge is 2.27. The molecule has 1 aliphatic heterocycles. The number of hydrogen-bond donors (Lipinski definition) is 1. The lowest BCUT2D eigenvalue weighted by Gasteiger charge is -2.33. The van der Waals surface area contributed by atoms with Crippen LogP contribution in [0.25, 0.3) is 0 Å². The molecular formula is C12H17BrN4O3S. The van der Waals surface area contributed by atoms with Gasteiger partial charge in [0.2, 0.25) is 10.0 Å². The van der Waals surface area contributed by atoms with E-state index in [2.05, 4.69) is 26.2 Å². The van der Waals surface area contributed by atoms with Crippen LogP contribution in [0, 0.1) is 0 Å². The van der Waals surface area contributed by atoms with E-state index in [0.717, 1.165) is 4.47 Å². The van der Waals surface area contributed by atoms with E-state index >= 15 is 0 Å². The van der Waals surface area contributed by atoms with Crippen LogP contribution < -0.4 is 5.32 Å². The van der Waals surface area contributed by atoms with Crippen LogP contribution in [0.4, 0.5) is 5.82 Å². The lowest BCUT2D eigenvalue weighted by atomic mass is 10.2. The standard InChI is InChI=1S/C12H17BrN4O3S/c1-14-11-10(7-9(13)8-15-11)12(18)16-3-5-17(6-4-16)21(2,19)20/h7-8H,3-6H2,1-2H3,(H,14,15). The van der Waals surface area contributed by atoms with Crippen molar-refractivity contribution in [1.82, 2.24) is 14.2 Å². The topological polar surface area (TPSA) is 82.6 Å². The van der Waals surface area contributed by atoms with Gasteiger partial charge in [-0.15, -0.1) is 0 Å². The van der Waals surface area contributed by atoms with E-state index < -0.39 is 10.0 Å². The molecule has 0 bridgehead atoms. The number of carbonyl (C=O) groups is 1. The fourth-order valence-electron chi connectivity index (χ4n) is 2.19. The number of nitrogens with one attached hydrogen (secondary N) is 1. The third-order valence-electron chi connectivity index (χ3n) is 3.32. The molecule has 0 radical (unpaired) electrons. The average molecular weight is 377 g/mol. The van der Waals surface area contributed by atoms with Crippen LogP contribution in [0.5, 0.6) is 0 Å². The number of anilines is 1. The van der Waals surface area contributed by atoms with Gasteiger partial charge in [0.15, 0.2) is 0 Å². The van der Waals surface area contributed by atoms with Gasteiger partial charge in [0.05, 0.1) is 11.8 Å². The summed E-state index contributed by atoms with van der Waals surface area (Å²) < 4.78 is 25.1. The normalized spacial score (nSPS) is 16.8. The van der Waals surface area contributed by atoms with Gasteiger partial charge in [-0.3, -0.25) is 4.79 Å². The van der Waals surface area contributed by atoms with Gasteiger partial charge in [0.25, 0.3) is 5.91 Å². The number of hydrogen-bond acceptors (Lipinski definition) is 5. The summed E-state index contributed by atoms with van der Waals surface area (Å²) in [5.74, 6) is 0.357. The minimum atomic E-state index is -3.20. The first-order valence-electron chi connectivity index (χ1n) is 6.40. The molecule has 0 unspecified atom stereocenters. The Bertz CT molecular complexity index is 642. The molecular weight excluding hydrogens is 360 g/mol. The molecule has 2 heterocycles. The van der Waals surface area contributed by atoms with Gasteiger partial charge in [-0.1, -0.05) is 0 Å². The number of piperazine rings is 1. The quantitative estimate of drug-likeness (QED) is 0.835. The Morgan fingerprint density at radius 1 is 1.33 bits per heavy atom. The van der Waals surface area contributed by atoms with Crippen molar-refractivity contribution in [2.45, 2.75) is 0 Å². The van der Waals surface area contributed by atoms with Gasteiger partial charge < -0.3 is 10.2 Å². The highest BCUT2D eigenvalue weighted by molar-refractivity contribution is 9.10. The fourth-order valence-corrected chi connectivity index (χ4v) is 3.35. The number of aromatic nitrogens is 1. The van der Waals surface area contributed by atoms with Crippen molar-refractivity contribution in [2.75, 3.05) is 44.8 Å². The summed E-state index contributed by atoms with van der Waals surface area (Å²) in [6, 6.07) is 1.71. The van der Waals surface area contributed by atoms with E-state index in [9.17, 15) is 13.2 Å². The lowest BCUT2D eigenvalue weighted by Crippen LogP contribution is -2.50. The van der Waals surface area contributed by atoms with Crippen LogP contribution in [-0.2, 0) is 10.0 Å². The van der Waals surface area contributed by atoms with Crippen LogP contribution in [0.2, 0.25) is 0 Å². The maximum atomic E-state index is 12.5. The van der Waals surface area contributed by atoms with Crippen molar-refractivity contribution in [3.63, 3.8) is 0 Å². The molecule has 1 saturated heterocycles. The van der Waals surface area contributed by atoms with Crippen molar-refractivity contribution < 1.29 is 13.2 Å². The van der Waals surface area contributed by atoms with Crippen LogP contribution in [0.1, 0.15) is 10.4 Å². The molecule has 0 aliphatic carbocycles. The van der Waals surface area contributed by atoms with E-state index in [-0.39, 0.29) is 5.91 Å². The summed E-state index contributed by atoms with van der Waals surface area (Å²) >= 11 is 3.30. The predicted octanol–water partition coefficient (Wildman–Crippen LogP) is 0.603. The van der Waals surface area contributed by atoms with Crippen LogP contribution >= 0.6 is 15.9 Å². The van der Waals surface area contributed by atoms with Gasteiger partial charge in [0.1, 0.15) is 5.82 Å². The van der Waals surface area contributed by atoms with E-state index in [1.807, 2.05) is 0 Å². The zero-order chi connectivity index (χ0) is 15.6. The fraction of sp³-hybridized carbons (Fsp3) is 0.500. The number of sulfonamides is 1. The summed E-state index contributed by atoms with van der Waals surface area (Å²) in [7, 11) is -1.49. The van der Waals surface area contributed by atoms with Crippen LogP contribution in [0.3, 0.4) is 0 Å². The molecule has 1 aromatic heterocycles. The Hall–Kier alpha value is -1.19. The largest absolute Gasteiger partial charge is 0.372 e. The summed E-state index contributed by atoms with van der Waals surface area (Å²) in [5.41, 5.74) is 0.472. The molecule has 0 spiro atoms. The zero-order valence-corrected chi connectivity index (χ0v) is 14.2. The molecule has 7 nitrogen and oxygen atoms in total. The maximum absolute atomic E-state index is 12.5. The molecule has 0 aromatic carbocycles. The van der Waals surface area contributed by atoms with Crippen molar-refractivity contribution >= 4 is 37.7 Å². The second-order valence-electron chi connectivity index (χ2n) is 4.75. The van der Waals surface area contributed by atoms with E-state index in [1.54, 1.807) is 24.2 Å². The first-order valence-corrected chi connectivity index (χ1v) is 9.04. The van der Waals surface area contributed by atoms with Crippen molar-refractivity contribution in [2.24, 2.45) is 0 Å². The first-order chi connectivity index (χ1) is 9.82. The zero-order valence-electron chi connectivity index (χ0n) is 11.8. The van der Waals surface area contributed by atoms with E-state index in [0.29, 0.717) is 37.6 Å². The first kappa shape index (κ1) is 16.2. The van der Waals surface area contributed by atoms with Gasteiger partial charge in [-0.05, 0) is 22.0 Å². The third-order valence-corrected chi connectivity index (χ3v) is 5.05. The summed E-state index contributed by atoms with van der Waals surface area (Å²) in [5, 5.41) is 2.89. The van der Waals surface area contributed by atoms with Gasteiger partial charge in [-0.25, -0.2) is 13.4 Å². The second kappa shape index (κ2) is 6.29. The molecule has 1 aliphatic rings. The SMILES string of the molecule is CNc1ncc(Br)cc1C(=O)N1CCN(S(C)(=O)=O)CC1. The second-order valence-corrected chi connectivity index (χ2v) is 7.65. The van der Waals surface area contributed by atoms with Crippen molar-refractivity contribution in [3.05, 3.63) is 22.3 Å². The number of pyridine rings is 1. The van der Waals surface area contributed by atoms with Crippen LogP contribution in [0.15, 0.2) is 16.7 Å². The minimum absolute atomic E-state index is 0.152. The molecule has 2 rings (SSSR count). The molecule has 21 heavy (non-hydrogen) atoms. The predicted molar refractivity (Wildman–Crippen MR) is 83.8 cm³/mol. The number of amides is 1. The third kappa shape index (κ3) is 3.72. The maximum Gasteiger partial charge on any atom is 0.257 e. The molecule has 0 saturated carbocycles. The van der Waals surface area contributed by atoms with Gasteiger partial charge in [0, 0.05) is 43.9 Å². The highest BCUT2D eigenvalue weighted by Crippen LogP contribution is 2.20. The molecule has 116 valence electrons. The van der Waals surface area contributed by atoms with E-state index in [4.69, 9.17) is 0 Å². The number of rotatable bonds is 3. The Labute approximate surface area is 132 Å². The lowest BCUT2D eigenvalue weighted by molar-refractivity contribution is 0.0699. The monoisotopic (exact) mass is 376 g/mol. The number of nitrogens with zero attached hydrogens (tertiary/aromatic N) is 3. The number of halogens is 1. The molecule has 9 heteroatoms. The van der Waals surface area contributed by atoms with Crippen molar-refractivity contribution in [1.29, 1.82) is 0 Å². The average Bonchev–Trinajstić information content (AvgIpc) is 2.45. The van der Waals surface area contributed by atoms with Gasteiger partial charge >= 0.3 is 0 Å². The summed E-state index contributed by atoms with van der Waals surface area (Å²) in [6.07, 6.45) is 2.80. The minimum Gasteiger partial charge on any atom is -0.372 e. The molecule has 1 N–H and O–H groups in total. The molecule has 1 amide bonds. The van der Waals surface area contributed by atoms with Gasteiger partial charge in [-0.2, -0.15) is 4.31 Å². The highest BCUT2D eigenvalue weighted by atomic mass is 79.9. The Morgan fingerprint density at radius 2 is 1.95 bits per heavy atom. The number of carbonyl (C=O) groups excluding carboxylic acids is 1. The smallest absolute Gasteiger partial charge is 0.257 e. The molecule has 1 fully saturated rings. The van der Waals surface area contributed by atoms with E-state index in [1.165, 1.54) is 10.6 Å². The Balaban J connectivity index is 2.14. The van der Waals surface area contributed by atoms with Crippen LogP contribution in [-0.4, -0.2) is 68.0 Å².